The lowest BCUT2D eigenvalue weighted by Gasteiger charge is -2.33. The van der Waals surface area contributed by atoms with Crippen LogP contribution in [0.25, 0.3) is 0 Å². The Balaban J connectivity index is 1.93. The average molecular weight is 416 g/mol. The number of carbonyl (C=O) groups excluding carboxylic acids is 1. The van der Waals surface area contributed by atoms with Crippen LogP contribution in [-0.2, 0) is 29.0 Å². The quantitative estimate of drug-likeness (QED) is 0.743. The summed E-state index contributed by atoms with van der Waals surface area (Å²) in [6.45, 7) is 4.35. The molecule has 0 aromatic heterocycles. The van der Waals surface area contributed by atoms with Crippen molar-refractivity contribution in [2.75, 3.05) is 24.5 Å². The van der Waals surface area contributed by atoms with Crippen LogP contribution in [0.1, 0.15) is 25.3 Å². The molecule has 1 spiro atoms. The molecule has 0 bridgehead atoms. The fourth-order valence-electron chi connectivity index (χ4n) is 3.28. The zero-order valence-corrected chi connectivity index (χ0v) is 16.7. The second-order valence-electron chi connectivity index (χ2n) is 6.46. The van der Waals surface area contributed by atoms with E-state index in [4.69, 9.17) is 25.8 Å². The van der Waals surface area contributed by atoms with Crippen molar-refractivity contribution in [3.8, 4) is 0 Å². The number of nitrogens with one attached hydrogen (secondary N) is 1. The van der Waals surface area contributed by atoms with Crippen molar-refractivity contribution in [2.45, 2.75) is 37.7 Å². The van der Waals surface area contributed by atoms with Crippen LogP contribution in [0.4, 0.5) is 5.69 Å². The molecule has 27 heavy (non-hydrogen) atoms. The minimum absolute atomic E-state index is 0.0316. The normalized spacial score (nSPS) is 21.7. The van der Waals surface area contributed by atoms with E-state index in [-0.39, 0.29) is 18.6 Å². The van der Waals surface area contributed by atoms with Crippen LogP contribution >= 0.6 is 11.6 Å². The first-order chi connectivity index (χ1) is 12.8. The van der Waals surface area contributed by atoms with Crippen molar-refractivity contribution >= 4 is 33.3 Å². The summed E-state index contributed by atoms with van der Waals surface area (Å²) in [6.07, 6.45) is 1.97. The van der Waals surface area contributed by atoms with Crippen LogP contribution in [0.15, 0.2) is 29.8 Å². The van der Waals surface area contributed by atoms with Gasteiger partial charge in [-0.15, -0.1) is 0 Å². The predicted molar refractivity (Wildman–Crippen MR) is 101 cm³/mol. The van der Waals surface area contributed by atoms with Crippen LogP contribution < -0.4 is 4.72 Å². The maximum Gasteiger partial charge on any atom is 0.335 e. The number of anilines is 1. The van der Waals surface area contributed by atoms with Crippen molar-refractivity contribution in [2.24, 2.45) is 0 Å². The lowest BCUT2D eigenvalue weighted by molar-refractivity contribution is -0.143. The molecule has 1 aliphatic carbocycles. The van der Waals surface area contributed by atoms with Crippen molar-refractivity contribution in [3.05, 3.63) is 40.4 Å². The number of esters is 1. The van der Waals surface area contributed by atoms with E-state index in [2.05, 4.69) is 4.72 Å². The van der Waals surface area contributed by atoms with Gasteiger partial charge in [0, 0.05) is 11.4 Å². The Bertz CT molecular complexity index is 861. The zero-order chi connectivity index (χ0) is 19.7. The smallest absolute Gasteiger partial charge is 0.335 e. The Kier molecular flexibility index (Phi) is 5.81. The number of halogens is 1. The molecule has 0 amide bonds. The molecule has 9 heteroatoms. The molecule has 1 fully saturated rings. The molecule has 1 aromatic carbocycles. The van der Waals surface area contributed by atoms with E-state index in [9.17, 15) is 13.2 Å². The molecule has 1 heterocycles. The summed E-state index contributed by atoms with van der Waals surface area (Å²) in [6, 6.07) is 4.86. The van der Waals surface area contributed by atoms with Crippen molar-refractivity contribution < 1.29 is 27.4 Å². The maximum absolute atomic E-state index is 13.0. The monoisotopic (exact) mass is 415 g/mol. The van der Waals surface area contributed by atoms with Gasteiger partial charge >= 0.3 is 5.97 Å². The van der Waals surface area contributed by atoms with Gasteiger partial charge in [0.15, 0.2) is 5.79 Å². The summed E-state index contributed by atoms with van der Waals surface area (Å²) in [4.78, 5) is 12.4. The van der Waals surface area contributed by atoms with E-state index < -0.39 is 27.0 Å². The first kappa shape index (κ1) is 20.1. The third kappa shape index (κ3) is 4.29. The molecular formula is C18H22ClNO6S. The first-order valence-electron chi connectivity index (χ1n) is 8.72. The largest absolute Gasteiger partial charge is 0.463 e. The number of carbonyl (C=O) groups is 1. The van der Waals surface area contributed by atoms with Crippen LogP contribution in [0.5, 0.6) is 0 Å². The Labute approximate surface area is 163 Å². The van der Waals surface area contributed by atoms with Gasteiger partial charge in [0.1, 0.15) is 5.25 Å². The summed E-state index contributed by atoms with van der Waals surface area (Å²) in [5.74, 6) is -1.73. The van der Waals surface area contributed by atoms with Gasteiger partial charge in [-0.1, -0.05) is 11.6 Å². The van der Waals surface area contributed by atoms with Gasteiger partial charge in [0.05, 0.1) is 31.1 Å². The molecule has 3 rings (SSSR count). The van der Waals surface area contributed by atoms with Crippen LogP contribution in [0.3, 0.4) is 0 Å². The lowest BCUT2D eigenvalue weighted by Crippen LogP contribution is -2.42. The second kappa shape index (κ2) is 7.79. The second-order valence-corrected chi connectivity index (χ2v) is 8.76. The molecule has 2 aliphatic rings. The standard InChI is InChI=1S/C18H22ClNO6S/c1-3-24-17(21)14-11-18(25-8-9-26-18)7-6-16(14)27(22,23)20-15-5-4-13(19)10-12(15)2/h4-5,10-11,16,20H,3,6-9H2,1-2H3. The number of sulfonamides is 1. The van der Waals surface area contributed by atoms with E-state index in [1.807, 2.05) is 0 Å². The number of ether oxygens (including phenoxy) is 3. The van der Waals surface area contributed by atoms with Crippen molar-refractivity contribution in [1.82, 2.24) is 0 Å². The van der Waals surface area contributed by atoms with Gasteiger partial charge < -0.3 is 14.2 Å². The molecule has 1 aliphatic heterocycles. The van der Waals surface area contributed by atoms with Gasteiger partial charge in [-0.25, -0.2) is 13.2 Å². The van der Waals surface area contributed by atoms with Gasteiger partial charge in [-0.05, 0) is 50.1 Å². The summed E-state index contributed by atoms with van der Waals surface area (Å²) >= 11 is 5.93. The minimum atomic E-state index is -3.90. The Morgan fingerprint density at radius 2 is 2.07 bits per heavy atom. The third-order valence-corrected chi connectivity index (χ3v) is 6.56. The Morgan fingerprint density at radius 3 is 2.70 bits per heavy atom. The molecule has 1 atom stereocenters. The highest BCUT2D eigenvalue weighted by Crippen LogP contribution is 2.37. The topological polar surface area (TPSA) is 90.9 Å². The molecular weight excluding hydrogens is 394 g/mol. The molecule has 1 N–H and O–H groups in total. The van der Waals surface area contributed by atoms with Crippen molar-refractivity contribution in [1.29, 1.82) is 0 Å². The summed E-state index contributed by atoms with van der Waals surface area (Å²) in [5, 5.41) is -0.553. The number of benzene rings is 1. The van der Waals surface area contributed by atoms with E-state index in [0.717, 1.165) is 0 Å². The van der Waals surface area contributed by atoms with Gasteiger partial charge in [0.25, 0.3) is 0 Å². The van der Waals surface area contributed by atoms with Crippen LogP contribution in [0.2, 0.25) is 5.02 Å². The van der Waals surface area contributed by atoms with Gasteiger partial charge in [-0.3, -0.25) is 4.72 Å². The Hall–Kier alpha value is -1.61. The highest BCUT2D eigenvalue weighted by atomic mass is 35.5. The number of hydrogen-bond donors (Lipinski definition) is 1. The predicted octanol–water partition coefficient (Wildman–Crippen LogP) is 2.79. The Morgan fingerprint density at radius 1 is 1.37 bits per heavy atom. The number of aryl methyl sites for hydroxylation is 1. The molecule has 148 valence electrons. The van der Waals surface area contributed by atoms with E-state index in [1.54, 1.807) is 32.0 Å². The molecule has 0 saturated carbocycles. The SMILES string of the molecule is CCOC(=O)C1=CC2(CCC1S(=O)(=O)Nc1ccc(Cl)cc1C)OCCO2. The molecule has 7 nitrogen and oxygen atoms in total. The molecule has 0 radical (unpaired) electrons. The van der Waals surface area contributed by atoms with Gasteiger partial charge in [0.2, 0.25) is 10.0 Å². The van der Waals surface area contributed by atoms with Gasteiger partial charge in [-0.2, -0.15) is 0 Å². The van der Waals surface area contributed by atoms with Crippen LogP contribution in [-0.4, -0.2) is 45.2 Å². The fourth-order valence-corrected chi connectivity index (χ4v) is 5.11. The zero-order valence-electron chi connectivity index (χ0n) is 15.2. The number of rotatable bonds is 5. The fraction of sp³-hybridized carbons (Fsp3) is 0.500. The first-order valence-corrected chi connectivity index (χ1v) is 10.6. The minimum Gasteiger partial charge on any atom is -0.463 e. The third-order valence-electron chi connectivity index (χ3n) is 4.58. The average Bonchev–Trinajstić information content (AvgIpc) is 3.05. The van der Waals surface area contributed by atoms with E-state index in [1.165, 1.54) is 6.08 Å². The highest BCUT2D eigenvalue weighted by Gasteiger charge is 2.46. The summed E-state index contributed by atoms with van der Waals surface area (Å²) in [5.41, 5.74) is 1.13. The number of hydrogen-bond acceptors (Lipinski definition) is 6. The molecule has 1 unspecified atom stereocenters. The summed E-state index contributed by atoms with van der Waals surface area (Å²) < 4.78 is 45.0. The summed E-state index contributed by atoms with van der Waals surface area (Å²) in [7, 11) is -3.90. The highest BCUT2D eigenvalue weighted by molar-refractivity contribution is 7.93. The molecule has 1 aromatic rings. The van der Waals surface area contributed by atoms with Crippen molar-refractivity contribution in [3.63, 3.8) is 0 Å². The molecule has 1 saturated heterocycles. The van der Waals surface area contributed by atoms with Crippen LogP contribution in [0, 0.1) is 6.92 Å². The lowest BCUT2D eigenvalue weighted by atomic mass is 9.94. The van der Waals surface area contributed by atoms with E-state index in [0.29, 0.717) is 35.9 Å². The van der Waals surface area contributed by atoms with E-state index >= 15 is 0 Å². The maximum atomic E-state index is 13.0.